The molecule has 290 valence electrons. The Balaban J connectivity index is 0.941. The summed E-state index contributed by atoms with van der Waals surface area (Å²) in [5, 5.41) is 16.1. The lowest BCUT2D eigenvalue weighted by molar-refractivity contribution is -0.139. The van der Waals surface area contributed by atoms with Gasteiger partial charge in [-0.1, -0.05) is 0 Å². The summed E-state index contributed by atoms with van der Waals surface area (Å²) in [6.07, 6.45) is 3.42. The number of piperidine rings is 2. The number of amides is 5. The first-order valence-electron chi connectivity index (χ1n) is 18.9. The summed E-state index contributed by atoms with van der Waals surface area (Å²) in [6, 6.07) is 7.09. The summed E-state index contributed by atoms with van der Waals surface area (Å²) in [4.78, 5) is 70.9. The first kappa shape index (κ1) is 36.7. The molecule has 5 aliphatic heterocycles. The van der Waals surface area contributed by atoms with Gasteiger partial charge in [0.05, 0.1) is 26.3 Å². The number of benzene rings is 2. The molecule has 1 aromatic heterocycles. The summed E-state index contributed by atoms with van der Waals surface area (Å²) < 4.78 is 13.5. The van der Waals surface area contributed by atoms with Crippen LogP contribution in [0.5, 0.6) is 11.5 Å². The Morgan fingerprint density at radius 2 is 1.58 bits per heavy atom. The molecule has 15 heteroatoms. The number of methoxy groups -OCH3 is 2. The number of aryl methyl sites for hydroxylation is 1. The van der Waals surface area contributed by atoms with E-state index in [-0.39, 0.29) is 42.8 Å². The SMILES string of the molecule is CNC(=O)N1CCc2c(-c3cc(OC)c(CN4CCC(N5Cc6cc7c(cc6C5)C(O)N(C5CCC(=O)NC5=O)C7=O)CC4)c(OC)c3)cn(C)c(=O)c2C1. The highest BCUT2D eigenvalue weighted by atomic mass is 16.5. The number of imide groups is 1. The maximum atomic E-state index is 13.4. The second kappa shape index (κ2) is 14.4. The van der Waals surface area contributed by atoms with Gasteiger partial charge in [-0.25, -0.2) is 4.79 Å². The van der Waals surface area contributed by atoms with Gasteiger partial charge in [0.1, 0.15) is 17.5 Å². The molecule has 2 aromatic carbocycles. The van der Waals surface area contributed by atoms with Crippen LogP contribution in [0.15, 0.2) is 35.3 Å². The van der Waals surface area contributed by atoms with Crippen LogP contribution >= 0.6 is 0 Å². The number of nitrogens with zero attached hydrogens (tertiary/aromatic N) is 5. The van der Waals surface area contributed by atoms with E-state index in [0.29, 0.717) is 66.8 Å². The first-order chi connectivity index (χ1) is 26.5. The number of aliphatic hydroxyl groups excluding tert-OH is 1. The lowest BCUT2D eigenvalue weighted by atomic mass is 9.91. The van der Waals surface area contributed by atoms with Gasteiger partial charge in [-0.2, -0.15) is 0 Å². The highest BCUT2D eigenvalue weighted by Gasteiger charge is 2.45. The number of aromatic nitrogens is 1. The standard InChI is InChI=1S/C40H47N7O8/c1-41-40(53)45-12-9-26-29(19-43(2)37(50)30(26)21-45)22-15-33(54-3)31(34(16-22)55-4)20-44-10-7-25(8-11-44)46-17-23-13-27-28(14-24(23)18-46)39(52)47(38(27)51)32-5-6-35(48)42-36(32)49/h13-16,19,25,32,38,51H,5-12,17-18,20-21H2,1-4H3,(H,41,53)(H,42,48,49). The number of urea groups is 1. The molecule has 0 spiro atoms. The van der Waals surface area contributed by atoms with E-state index in [9.17, 15) is 29.1 Å². The number of aliphatic hydroxyl groups is 1. The van der Waals surface area contributed by atoms with Crippen molar-refractivity contribution in [2.75, 3.05) is 40.9 Å². The lowest BCUT2D eigenvalue weighted by Gasteiger charge is -2.37. The van der Waals surface area contributed by atoms with Crippen LogP contribution in [-0.2, 0) is 49.2 Å². The molecule has 5 aliphatic rings. The summed E-state index contributed by atoms with van der Waals surface area (Å²) in [6.45, 7) is 4.56. The molecule has 2 atom stereocenters. The van der Waals surface area contributed by atoms with Crippen LogP contribution in [0, 0.1) is 0 Å². The minimum absolute atomic E-state index is 0.111. The lowest BCUT2D eigenvalue weighted by Crippen LogP contribution is -2.53. The number of nitrogens with one attached hydrogen (secondary N) is 2. The van der Waals surface area contributed by atoms with E-state index in [1.54, 1.807) is 37.8 Å². The molecule has 0 radical (unpaired) electrons. The molecule has 15 nitrogen and oxygen atoms in total. The second-order valence-corrected chi connectivity index (χ2v) is 15.2. The van der Waals surface area contributed by atoms with Gasteiger partial charge in [0, 0.05) is 81.2 Å². The Bertz CT molecular complexity index is 2130. The zero-order chi connectivity index (χ0) is 38.7. The average Bonchev–Trinajstić information content (AvgIpc) is 3.72. The molecule has 8 rings (SSSR count). The van der Waals surface area contributed by atoms with Crippen LogP contribution in [0.1, 0.15) is 75.6 Å². The van der Waals surface area contributed by atoms with Crippen molar-refractivity contribution in [3.63, 3.8) is 0 Å². The minimum atomic E-state index is -1.23. The fourth-order valence-electron chi connectivity index (χ4n) is 9.15. The number of hydrogen-bond donors (Lipinski definition) is 3. The van der Waals surface area contributed by atoms with Crippen molar-refractivity contribution in [3.8, 4) is 22.6 Å². The molecule has 0 bridgehead atoms. The third-order valence-electron chi connectivity index (χ3n) is 12.1. The molecule has 3 aromatic rings. The molecule has 5 amide bonds. The number of carbonyl (C=O) groups is 4. The molecule has 2 saturated heterocycles. The zero-order valence-corrected chi connectivity index (χ0v) is 31.6. The Kier molecular flexibility index (Phi) is 9.64. The van der Waals surface area contributed by atoms with Gasteiger partial charge in [0.15, 0.2) is 6.23 Å². The number of carbonyl (C=O) groups excluding carboxylic acids is 4. The monoisotopic (exact) mass is 753 g/mol. The second-order valence-electron chi connectivity index (χ2n) is 15.2. The van der Waals surface area contributed by atoms with Crippen molar-refractivity contribution in [2.45, 2.75) is 76.6 Å². The average molecular weight is 754 g/mol. The first-order valence-corrected chi connectivity index (χ1v) is 18.9. The normalized spacial score (nSPS) is 21.7. The third-order valence-corrected chi connectivity index (χ3v) is 12.1. The van der Waals surface area contributed by atoms with Crippen molar-refractivity contribution in [1.29, 1.82) is 0 Å². The molecular formula is C40H47N7O8. The van der Waals surface area contributed by atoms with Gasteiger partial charge in [-0.05, 0) is 85.3 Å². The third kappa shape index (κ3) is 6.43. The van der Waals surface area contributed by atoms with Crippen molar-refractivity contribution in [1.82, 2.24) is 34.8 Å². The van der Waals surface area contributed by atoms with E-state index in [2.05, 4.69) is 20.4 Å². The number of fused-ring (bicyclic) bond motifs is 3. The number of ether oxygens (including phenoxy) is 2. The number of likely N-dealkylation sites (tertiary alicyclic amines) is 1. The van der Waals surface area contributed by atoms with E-state index in [1.807, 2.05) is 30.5 Å². The fraction of sp³-hybridized carbons (Fsp3) is 0.475. The van der Waals surface area contributed by atoms with Crippen molar-refractivity contribution < 1.29 is 33.8 Å². The van der Waals surface area contributed by atoms with Gasteiger partial charge in [-0.3, -0.25) is 39.2 Å². The highest BCUT2D eigenvalue weighted by Crippen LogP contribution is 2.41. The predicted molar refractivity (Wildman–Crippen MR) is 200 cm³/mol. The minimum Gasteiger partial charge on any atom is -0.496 e. The predicted octanol–water partition coefficient (Wildman–Crippen LogP) is 2.00. The smallest absolute Gasteiger partial charge is 0.317 e. The van der Waals surface area contributed by atoms with E-state index >= 15 is 0 Å². The van der Waals surface area contributed by atoms with Crippen molar-refractivity contribution in [3.05, 3.63) is 79.8 Å². The fourth-order valence-corrected chi connectivity index (χ4v) is 9.15. The molecule has 0 aliphatic carbocycles. The van der Waals surface area contributed by atoms with Crippen LogP contribution in [-0.4, -0.2) is 106 Å². The van der Waals surface area contributed by atoms with Crippen molar-refractivity contribution >= 4 is 23.8 Å². The van der Waals surface area contributed by atoms with Gasteiger partial charge < -0.3 is 29.4 Å². The van der Waals surface area contributed by atoms with Crippen LogP contribution in [0.25, 0.3) is 11.1 Å². The van der Waals surface area contributed by atoms with E-state index in [1.165, 1.54) is 4.90 Å². The Morgan fingerprint density at radius 1 is 0.891 bits per heavy atom. The largest absolute Gasteiger partial charge is 0.496 e. The summed E-state index contributed by atoms with van der Waals surface area (Å²) >= 11 is 0. The van der Waals surface area contributed by atoms with Crippen molar-refractivity contribution in [2.24, 2.45) is 7.05 Å². The van der Waals surface area contributed by atoms with E-state index in [0.717, 1.165) is 59.3 Å². The van der Waals surface area contributed by atoms with Gasteiger partial charge >= 0.3 is 6.03 Å². The van der Waals surface area contributed by atoms with Crippen LogP contribution in [0.4, 0.5) is 4.79 Å². The van der Waals surface area contributed by atoms with Gasteiger partial charge in [-0.15, -0.1) is 0 Å². The number of rotatable bonds is 7. The van der Waals surface area contributed by atoms with Crippen LogP contribution < -0.4 is 25.7 Å². The van der Waals surface area contributed by atoms with E-state index in [4.69, 9.17) is 9.47 Å². The molecule has 55 heavy (non-hydrogen) atoms. The quantitative estimate of drug-likeness (QED) is 0.304. The number of hydrogen-bond acceptors (Lipinski definition) is 10. The molecular weight excluding hydrogens is 706 g/mol. The van der Waals surface area contributed by atoms with Crippen LogP contribution in [0.3, 0.4) is 0 Å². The zero-order valence-electron chi connectivity index (χ0n) is 31.6. The molecule has 0 saturated carbocycles. The summed E-state index contributed by atoms with van der Waals surface area (Å²) in [7, 11) is 6.64. The van der Waals surface area contributed by atoms with Gasteiger partial charge in [0.25, 0.3) is 11.5 Å². The Hall–Kier alpha value is -5.25. The van der Waals surface area contributed by atoms with E-state index < -0.39 is 18.2 Å². The summed E-state index contributed by atoms with van der Waals surface area (Å²) in [5.74, 6) is 0.117. The maximum Gasteiger partial charge on any atom is 0.317 e. The number of pyridine rings is 1. The van der Waals surface area contributed by atoms with Gasteiger partial charge in [0.2, 0.25) is 11.8 Å². The highest BCUT2D eigenvalue weighted by molar-refractivity contribution is 6.05. The molecule has 2 unspecified atom stereocenters. The topological polar surface area (TPSA) is 166 Å². The van der Waals surface area contributed by atoms with Crippen LogP contribution in [0.2, 0.25) is 0 Å². The summed E-state index contributed by atoms with van der Waals surface area (Å²) in [5.41, 5.74) is 7.28. The maximum absolute atomic E-state index is 13.4. The molecule has 6 heterocycles. The Labute approximate surface area is 318 Å². The Morgan fingerprint density at radius 3 is 2.24 bits per heavy atom. The molecule has 3 N–H and O–H groups in total. The molecule has 2 fully saturated rings.